The van der Waals surface area contributed by atoms with Gasteiger partial charge in [0.25, 0.3) is 23.6 Å². The van der Waals surface area contributed by atoms with Gasteiger partial charge in [-0.1, -0.05) is 49.4 Å². The lowest BCUT2D eigenvalue weighted by molar-refractivity contribution is -0.134. The van der Waals surface area contributed by atoms with Crippen LogP contribution in [0.25, 0.3) is 43.4 Å². The number of aromatic nitrogens is 7. The second-order valence-corrected chi connectivity index (χ2v) is 28.9. The number of rotatable bonds is 11. The summed E-state index contributed by atoms with van der Waals surface area (Å²) in [5.74, 6) is -4.09. The van der Waals surface area contributed by atoms with Gasteiger partial charge in [-0.25, -0.2) is 34.9 Å². The number of pyridine rings is 1. The minimum Gasteiger partial charge on any atom is -0.508 e. The number of benzene rings is 2. The second kappa shape index (κ2) is 28.0. The number of aliphatic hydroxyl groups is 2. The fourth-order valence-corrected chi connectivity index (χ4v) is 17.2. The molecule has 7 aromatic heterocycles. The van der Waals surface area contributed by atoms with Gasteiger partial charge in [0.1, 0.15) is 93.8 Å². The molecule has 31 heteroatoms. The molecule has 94 heavy (non-hydrogen) atoms. The van der Waals surface area contributed by atoms with Crippen LogP contribution in [-0.4, -0.2) is 189 Å². The van der Waals surface area contributed by atoms with Gasteiger partial charge in [-0.2, -0.15) is 0 Å². The molecule has 25 nitrogen and oxygen atoms in total. The largest absolute Gasteiger partial charge is 0.508 e. The van der Waals surface area contributed by atoms with Crippen molar-refractivity contribution in [1.29, 1.82) is 0 Å². The fraction of sp³-hybridized carbons (Fsp3) is 0.349. The fourth-order valence-electron chi connectivity index (χ4n) is 11.8. The summed E-state index contributed by atoms with van der Waals surface area (Å²) in [6, 6.07) is 14.0. The molecule has 0 saturated carbocycles. The summed E-state index contributed by atoms with van der Waals surface area (Å²) >= 11 is 7.11. The van der Waals surface area contributed by atoms with E-state index in [9.17, 15) is 39.3 Å². The van der Waals surface area contributed by atoms with Crippen LogP contribution in [0, 0.1) is 12.8 Å². The van der Waals surface area contributed by atoms with Crippen molar-refractivity contribution in [1.82, 2.24) is 75.8 Å². The van der Waals surface area contributed by atoms with E-state index >= 15 is 4.79 Å². The number of aliphatic hydroxyl groups excluding tert-OH is 2. The van der Waals surface area contributed by atoms with Gasteiger partial charge in [0.15, 0.2) is 0 Å². The van der Waals surface area contributed by atoms with E-state index in [1.807, 2.05) is 28.7 Å². The first-order valence-electron chi connectivity index (χ1n) is 30.4. The molecule has 10 bridgehead atoms. The van der Waals surface area contributed by atoms with Gasteiger partial charge in [0.2, 0.25) is 11.8 Å². The van der Waals surface area contributed by atoms with Crippen LogP contribution in [0.4, 0.5) is 0 Å². The number of carbonyl (C=O) groups is 6. The zero-order chi connectivity index (χ0) is 65.3. The predicted octanol–water partition coefficient (Wildman–Crippen LogP) is 5.95. The standard InChI is InChI=1S/C63H64N16O9S6/c1-32-46(81)26-79-51(32)61-72-44(30-93-61)58-69-41(27-90-58)49-37(12-13-38(66-49)57-73-45(31-91-57)62(87)78-22-20-77(21-23-78)19-18-76-16-14-65-15-17-76)56-70-42(28-89-56)53(84)67-39(25-47(64)82)59-75-48(33(2)94-59)55(86)74-50(52(83)35-6-4-3-5-7-35)60-71-43(29-92-60)54(85)68-40(63(79)88)24-34-8-10-36(80)11-9-34/h3-13,27-32,39-40,46,50-52,65,80-81,83H,14-26H2,1-2H3,(H2,64,82)(H,67,84)(H,68,85)(H,74,86)/t32-,39-,40-,46-,50-,51+,52+/m0/s1. The van der Waals surface area contributed by atoms with Crippen molar-refractivity contribution >= 4 is 103 Å². The number of primary amides is 1. The van der Waals surface area contributed by atoms with E-state index in [1.165, 1.54) is 67.8 Å². The number of piperazine rings is 2. The topological polar surface area (TPSA) is 340 Å². The van der Waals surface area contributed by atoms with Gasteiger partial charge >= 0.3 is 0 Å². The highest BCUT2D eigenvalue weighted by atomic mass is 32.1. The van der Waals surface area contributed by atoms with Crippen LogP contribution in [-0.2, 0) is 16.0 Å². The molecule has 4 aliphatic heterocycles. The van der Waals surface area contributed by atoms with Crippen LogP contribution in [0.1, 0.15) is 111 Å². The molecular weight excluding hydrogens is 1320 g/mol. The minimum absolute atomic E-state index is 0.00289. The lowest BCUT2D eigenvalue weighted by atomic mass is 10.00. The van der Waals surface area contributed by atoms with E-state index in [-0.39, 0.29) is 51.7 Å². The molecule has 486 valence electrons. The lowest BCUT2D eigenvalue weighted by Gasteiger charge is -2.36. The molecule has 3 fully saturated rings. The van der Waals surface area contributed by atoms with Gasteiger partial charge in [-0.05, 0) is 42.3 Å². The molecule has 9 N–H and O–H groups in total. The van der Waals surface area contributed by atoms with Crippen LogP contribution in [0.5, 0.6) is 5.75 Å². The molecule has 0 spiro atoms. The smallest absolute Gasteiger partial charge is 0.273 e. The van der Waals surface area contributed by atoms with E-state index in [0.29, 0.717) is 83.2 Å². The molecule has 2 aromatic carbocycles. The van der Waals surface area contributed by atoms with Crippen LogP contribution in [0.3, 0.4) is 0 Å². The number of nitrogens with one attached hydrogen (secondary N) is 4. The van der Waals surface area contributed by atoms with Gasteiger partial charge in [-0.15, -0.1) is 68.0 Å². The van der Waals surface area contributed by atoms with Gasteiger partial charge in [0.05, 0.1) is 30.3 Å². The molecule has 13 rings (SSSR count). The molecule has 3 saturated heterocycles. The normalized spacial score (nSPS) is 21.3. The molecule has 9 aromatic rings. The summed E-state index contributed by atoms with van der Waals surface area (Å²) in [6.07, 6.45) is -2.79. The maximum Gasteiger partial charge on any atom is 0.273 e. The lowest BCUT2D eigenvalue weighted by Crippen LogP contribution is -2.51. The molecule has 11 heterocycles. The number of nitrogens with two attached hydrogens (primary N) is 1. The molecular formula is C63H64N16O9S6. The Morgan fingerprint density at radius 1 is 0.638 bits per heavy atom. The Balaban J connectivity index is 0.856. The number of hydrogen-bond acceptors (Lipinski definition) is 25. The highest BCUT2D eigenvalue weighted by molar-refractivity contribution is 7.15. The third-order valence-corrected chi connectivity index (χ3v) is 22.6. The van der Waals surface area contributed by atoms with E-state index < -0.39 is 78.2 Å². The summed E-state index contributed by atoms with van der Waals surface area (Å²) in [4.78, 5) is 128. The third-order valence-electron chi connectivity index (χ3n) is 17.0. The summed E-state index contributed by atoms with van der Waals surface area (Å²) < 4.78 is 0. The Morgan fingerprint density at radius 2 is 1.28 bits per heavy atom. The number of phenols is 1. The molecule has 7 atom stereocenters. The zero-order valence-corrected chi connectivity index (χ0v) is 55.6. The van der Waals surface area contributed by atoms with E-state index in [1.54, 1.807) is 66.2 Å². The molecule has 4 aliphatic rings. The maximum atomic E-state index is 15.2. The Morgan fingerprint density at radius 3 is 2.03 bits per heavy atom. The number of fused-ring (bicyclic) bond motifs is 16. The number of amides is 6. The van der Waals surface area contributed by atoms with E-state index in [0.717, 1.165) is 75.0 Å². The molecule has 0 unspecified atom stereocenters. The maximum absolute atomic E-state index is 15.2. The van der Waals surface area contributed by atoms with Gasteiger partial charge in [-0.3, -0.25) is 38.6 Å². The number of nitrogens with zero attached hydrogens (tertiary/aromatic N) is 11. The van der Waals surface area contributed by atoms with Crippen molar-refractivity contribution in [3.05, 3.63) is 147 Å². The first-order chi connectivity index (χ1) is 45.5. The SMILES string of the molecule is Cc1sc2nc1C(=O)N[C@@H]([C@H](O)c1ccccc1)c1nc(cs1)C(=O)N[C@@H](Cc1ccc(O)cc1)C(=O)N1C[C@H](O)[C@H](C)[C@@H]1c1nc(cs1)-c1nc(cs1)-c1nc(-c3nc(C(=O)N4CCN(CCN5CCNCC5)CC4)cs3)ccc1-c1nc(cs1)C(=O)N[C@H]2CC(N)=O. The summed E-state index contributed by atoms with van der Waals surface area (Å²) in [5, 5.41) is 56.5. The van der Waals surface area contributed by atoms with Gasteiger partial charge < -0.3 is 52.1 Å². The monoisotopic (exact) mass is 1380 g/mol. The van der Waals surface area contributed by atoms with Crippen LogP contribution < -0.4 is 27.0 Å². The van der Waals surface area contributed by atoms with Crippen molar-refractivity contribution in [2.24, 2.45) is 11.7 Å². The van der Waals surface area contributed by atoms with Crippen LogP contribution in [0.2, 0.25) is 0 Å². The van der Waals surface area contributed by atoms with E-state index in [4.69, 9.17) is 30.7 Å². The second-order valence-electron chi connectivity index (χ2n) is 23.3. The van der Waals surface area contributed by atoms with E-state index in [2.05, 4.69) is 41.0 Å². The Kier molecular flexibility index (Phi) is 19.2. The summed E-state index contributed by atoms with van der Waals surface area (Å²) in [6.45, 7) is 12.1. The first-order valence-corrected chi connectivity index (χ1v) is 35.6. The number of hydrogen-bond donors (Lipinski definition) is 8. The Bertz CT molecular complexity index is 4270. The third kappa shape index (κ3) is 14.0. The Labute approximate surface area is 562 Å². The molecule has 6 amide bonds. The first kappa shape index (κ1) is 64.5. The number of carbonyl (C=O) groups excluding carboxylic acids is 6. The van der Waals surface area contributed by atoms with Gasteiger partial charge in [0, 0.05) is 122 Å². The van der Waals surface area contributed by atoms with Crippen LogP contribution in [0.15, 0.2) is 93.6 Å². The number of thiazole rings is 6. The molecule has 0 aliphatic carbocycles. The van der Waals surface area contributed by atoms with Crippen molar-refractivity contribution in [3.63, 3.8) is 0 Å². The predicted molar refractivity (Wildman–Crippen MR) is 358 cm³/mol. The quantitative estimate of drug-likeness (QED) is 0.0741. The highest BCUT2D eigenvalue weighted by Crippen LogP contribution is 2.43. The number of phenolic OH excluding ortho intramolecular Hbond substituents is 1. The molecule has 0 radical (unpaired) electrons. The van der Waals surface area contributed by atoms with Crippen LogP contribution >= 0.6 is 68.0 Å². The Hall–Kier alpha value is -8.21. The van der Waals surface area contributed by atoms with Crippen molar-refractivity contribution in [3.8, 4) is 49.1 Å². The summed E-state index contributed by atoms with van der Waals surface area (Å²) in [7, 11) is 0. The zero-order valence-electron chi connectivity index (χ0n) is 50.7. The average molecular weight is 1380 g/mol. The van der Waals surface area contributed by atoms with Crippen molar-refractivity contribution in [2.45, 2.75) is 63.1 Å². The number of aryl methyl sites for hydroxylation is 1. The number of aromatic hydroxyl groups is 1. The minimum atomic E-state index is -1.41. The van der Waals surface area contributed by atoms with Crippen molar-refractivity contribution in [2.75, 3.05) is 72.0 Å². The summed E-state index contributed by atoms with van der Waals surface area (Å²) in [5.41, 5.74) is 9.21. The van der Waals surface area contributed by atoms with Crippen molar-refractivity contribution < 1.29 is 44.1 Å². The average Bonchev–Trinajstić information content (AvgIpc) is 1.62. The highest BCUT2D eigenvalue weighted by Gasteiger charge is 2.46.